The topological polar surface area (TPSA) is 64.6 Å². The predicted octanol–water partition coefficient (Wildman–Crippen LogP) is 0.235. The molecule has 1 saturated heterocycles. The normalized spacial score (nSPS) is 25.7. The quantitative estimate of drug-likeness (QED) is 0.529. The van der Waals surface area contributed by atoms with E-state index < -0.39 is 17.4 Å². The van der Waals surface area contributed by atoms with E-state index >= 15 is 0 Å². The molecule has 5 nitrogen and oxygen atoms in total. The van der Waals surface area contributed by atoms with Crippen LogP contribution < -0.4 is 5.32 Å². The largest absolute Gasteiger partial charge is 0.459 e. The lowest BCUT2D eigenvalue weighted by Gasteiger charge is -2.33. The highest BCUT2D eigenvalue weighted by atomic mass is 16.5. The number of carbonyl (C=O) groups excluding carboxylic acids is 2. The summed E-state index contributed by atoms with van der Waals surface area (Å²) in [6.45, 7) is 4.89. The van der Waals surface area contributed by atoms with Gasteiger partial charge in [0.05, 0.1) is 18.8 Å². The maximum absolute atomic E-state index is 11.4. The van der Waals surface area contributed by atoms with Crippen molar-refractivity contribution in [1.29, 1.82) is 0 Å². The molecule has 0 saturated carbocycles. The van der Waals surface area contributed by atoms with Gasteiger partial charge in [0.25, 0.3) is 0 Å². The molecule has 1 aliphatic heterocycles. The predicted molar refractivity (Wildman–Crippen MR) is 53.2 cm³/mol. The van der Waals surface area contributed by atoms with Crippen LogP contribution in [0, 0.1) is 0 Å². The summed E-state index contributed by atoms with van der Waals surface area (Å²) < 4.78 is 9.86. The smallest absolute Gasteiger partial charge is 0.396 e. The zero-order valence-corrected chi connectivity index (χ0v) is 9.17. The average molecular weight is 215 g/mol. The molecule has 0 aliphatic carbocycles. The highest BCUT2D eigenvalue weighted by Gasteiger charge is 2.31. The minimum Gasteiger partial charge on any atom is -0.459 e. The van der Waals surface area contributed by atoms with Crippen LogP contribution in [0.3, 0.4) is 0 Å². The number of nitrogens with one attached hydrogen (secondary N) is 1. The summed E-state index contributed by atoms with van der Waals surface area (Å²) in [5.41, 5.74) is -0.442. The number of hydrogen-bond donors (Lipinski definition) is 1. The molecule has 15 heavy (non-hydrogen) atoms. The summed E-state index contributed by atoms with van der Waals surface area (Å²) in [6, 6.07) is 0. The van der Waals surface area contributed by atoms with Gasteiger partial charge >= 0.3 is 11.9 Å². The van der Waals surface area contributed by atoms with Crippen molar-refractivity contribution in [3.05, 3.63) is 0 Å². The average Bonchev–Trinajstić information content (AvgIpc) is 2.18. The zero-order chi connectivity index (χ0) is 11.3. The lowest BCUT2D eigenvalue weighted by molar-refractivity contribution is -0.156. The highest BCUT2D eigenvalue weighted by molar-refractivity contribution is 6.32. The van der Waals surface area contributed by atoms with Crippen molar-refractivity contribution in [3.8, 4) is 0 Å². The third kappa shape index (κ3) is 3.51. The summed E-state index contributed by atoms with van der Waals surface area (Å²) in [5, 5.41) is 2.64. The van der Waals surface area contributed by atoms with Gasteiger partial charge in [-0.1, -0.05) is 0 Å². The fourth-order valence-electron chi connectivity index (χ4n) is 1.55. The molecule has 1 heterocycles. The van der Waals surface area contributed by atoms with Crippen LogP contribution in [-0.4, -0.2) is 37.2 Å². The highest BCUT2D eigenvalue weighted by Crippen LogP contribution is 2.17. The van der Waals surface area contributed by atoms with Gasteiger partial charge in [0.15, 0.2) is 0 Å². The Balaban J connectivity index is 2.45. The van der Waals surface area contributed by atoms with Crippen LogP contribution in [0.2, 0.25) is 0 Å². The summed E-state index contributed by atoms with van der Waals surface area (Å²) in [4.78, 5) is 22.4. The third-order valence-corrected chi connectivity index (χ3v) is 2.31. The molecule has 0 spiro atoms. The van der Waals surface area contributed by atoms with E-state index in [2.05, 4.69) is 10.1 Å². The molecule has 86 valence electrons. The van der Waals surface area contributed by atoms with Gasteiger partial charge in [0, 0.05) is 6.61 Å². The zero-order valence-electron chi connectivity index (χ0n) is 9.17. The molecular formula is C10H17NO4. The van der Waals surface area contributed by atoms with Crippen molar-refractivity contribution in [2.24, 2.45) is 0 Å². The molecule has 1 aliphatic rings. The second-order valence-corrected chi connectivity index (χ2v) is 3.89. The van der Waals surface area contributed by atoms with Crippen molar-refractivity contribution < 1.29 is 19.1 Å². The van der Waals surface area contributed by atoms with Crippen molar-refractivity contribution in [2.75, 3.05) is 19.8 Å². The van der Waals surface area contributed by atoms with Crippen LogP contribution in [0.1, 0.15) is 26.7 Å². The van der Waals surface area contributed by atoms with E-state index in [-0.39, 0.29) is 6.61 Å². The third-order valence-electron chi connectivity index (χ3n) is 2.31. The first-order valence-electron chi connectivity index (χ1n) is 5.14. The summed E-state index contributed by atoms with van der Waals surface area (Å²) in [7, 11) is 0. The van der Waals surface area contributed by atoms with Gasteiger partial charge in [0.2, 0.25) is 0 Å². The van der Waals surface area contributed by atoms with Crippen molar-refractivity contribution in [2.45, 2.75) is 32.2 Å². The Labute approximate surface area is 89.1 Å². The lowest BCUT2D eigenvalue weighted by atomic mass is 9.95. The minimum absolute atomic E-state index is 0.208. The van der Waals surface area contributed by atoms with Crippen LogP contribution in [0.5, 0.6) is 0 Å². The molecule has 0 aromatic heterocycles. The van der Waals surface area contributed by atoms with Gasteiger partial charge in [-0.2, -0.15) is 0 Å². The first-order valence-corrected chi connectivity index (χ1v) is 5.14. The number of ether oxygens (including phenoxy) is 2. The van der Waals surface area contributed by atoms with Crippen molar-refractivity contribution in [3.63, 3.8) is 0 Å². The second-order valence-electron chi connectivity index (χ2n) is 3.89. The number of amides is 1. The van der Waals surface area contributed by atoms with E-state index in [4.69, 9.17) is 4.74 Å². The Hall–Kier alpha value is -1.10. The molecule has 0 radical (unpaired) electrons. The standard InChI is InChI=1S/C10H17NO4/c1-3-15-9(13)8(12)11-10(2)5-4-6-14-7-10/h3-7H2,1-2H3,(H,11,12). The van der Waals surface area contributed by atoms with Gasteiger partial charge in [-0.3, -0.25) is 4.79 Å². The van der Waals surface area contributed by atoms with Crippen LogP contribution in [-0.2, 0) is 19.1 Å². The Morgan fingerprint density at radius 3 is 2.80 bits per heavy atom. The number of hydrogen-bond acceptors (Lipinski definition) is 4. The molecule has 1 unspecified atom stereocenters. The van der Waals surface area contributed by atoms with E-state index in [0.717, 1.165) is 12.8 Å². The Bertz CT molecular complexity index is 246. The van der Waals surface area contributed by atoms with Crippen LogP contribution >= 0.6 is 0 Å². The molecule has 1 fully saturated rings. The summed E-state index contributed by atoms with van der Waals surface area (Å²) in [5.74, 6) is -1.52. The van der Waals surface area contributed by atoms with Gasteiger partial charge < -0.3 is 14.8 Å². The second kappa shape index (κ2) is 5.11. The summed E-state index contributed by atoms with van der Waals surface area (Å²) in [6.07, 6.45) is 1.71. The minimum atomic E-state index is -0.829. The monoisotopic (exact) mass is 215 g/mol. The van der Waals surface area contributed by atoms with E-state index in [1.165, 1.54) is 0 Å². The first-order chi connectivity index (χ1) is 7.07. The Morgan fingerprint density at radius 1 is 1.53 bits per heavy atom. The van der Waals surface area contributed by atoms with Gasteiger partial charge in [-0.25, -0.2) is 4.79 Å². The van der Waals surface area contributed by atoms with Gasteiger partial charge in [-0.05, 0) is 26.7 Å². The van der Waals surface area contributed by atoms with Gasteiger partial charge in [0.1, 0.15) is 0 Å². The summed E-state index contributed by atoms with van der Waals surface area (Å²) >= 11 is 0. The molecule has 0 aromatic carbocycles. The van der Waals surface area contributed by atoms with E-state index in [1.54, 1.807) is 6.92 Å². The fourth-order valence-corrected chi connectivity index (χ4v) is 1.55. The number of esters is 1. The van der Waals surface area contributed by atoms with Crippen molar-refractivity contribution in [1.82, 2.24) is 5.32 Å². The molecular weight excluding hydrogens is 198 g/mol. The number of rotatable bonds is 2. The SMILES string of the molecule is CCOC(=O)C(=O)NC1(C)CCCOC1. The first kappa shape index (κ1) is 12.0. The van der Waals surface area contributed by atoms with E-state index in [0.29, 0.717) is 13.2 Å². The molecule has 5 heteroatoms. The molecule has 1 rings (SSSR count). The maximum Gasteiger partial charge on any atom is 0.396 e. The van der Waals surface area contributed by atoms with E-state index in [9.17, 15) is 9.59 Å². The molecule has 1 N–H and O–H groups in total. The number of carbonyl (C=O) groups is 2. The van der Waals surface area contributed by atoms with Gasteiger partial charge in [-0.15, -0.1) is 0 Å². The Morgan fingerprint density at radius 2 is 2.27 bits per heavy atom. The van der Waals surface area contributed by atoms with E-state index in [1.807, 2.05) is 6.92 Å². The fraction of sp³-hybridized carbons (Fsp3) is 0.800. The molecule has 1 atom stereocenters. The van der Waals surface area contributed by atoms with Crippen LogP contribution in [0.25, 0.3) is 0 Å². The molecule has 1 amide bonds. The van der Waals surface area contributed by atoms with Crippen molar-refractivity contribution >= 4 is 11.9 Å². The van der Waals surface area contributed by atoms with Crippen LogP contribution in [0.4, 0.5) is 0 Å². The molecule has 0 aromatic rings. The lowest BCUT2D eigenvalue weighted by Crippen LogP contribution is -2.53. The Kier molecular flexibility index (Phi) is 4.08. The molecule has 0 bridgehead atoms. The maximum atomic E-state index is 11.4. The van der Waals surface area contributed by atoms with Crippen LogP contribution in [0.15, 0.2) is 0 Å².